The van der Waals surface area contributed by atoms with Crippen molar-refractivity contribution < 1.29 is 4.74 Å². The Morgan fingerprint density at radius 1 is 1.39 bits per heavy atom. The smallest absolute Gasteiger partial charge is 0.226 e. The highest BCUT2D eigenvalue weighted by atomic mass is 16.5. The molecule has 1 fully saturated rings. The highest BCUT2D eigenvalue weighted by molar-refractivity contribution is 5.30. The Morgan fingerprint density at radius 3 is 2.89 bits per heavy atom. The number of aryl methyl sites for hydroxylation is 1. The Bertz CT molecular complexity index is 395. The Balaban J connectivity index is 1.95. The van der Waals surface area contributed by atoms with Gasteiger partial charge in [-0.05, 0) is 32.1 Å². The van der Waals surface area contributed by atoms with E-state index < -0.39 is 0 Å². The minimum Gasteiger partial charge on any atom is -0.478 e. The molecule has 1 saturated carbocycles. The first-order valence-corrected chi connectivity index (χ1v) is 6.91. The average Bonchev–Trinajstić information content (AvgIpc) is 2.72. The van der Waals surface area contributed by atoms with Crippen LogP contribution in [-0.2, 0) is 0 Å². The van der Waals surface area contributed by atoms with Crippen molar-refractivity contribution in [2.75, 3.05) is 18.5 Å². The molecular formula is C14H23N3O. The zero-order valence-corrected chi connectivity index (χ0v) is 11.6. The summed E-state index contributed by atoms with van der Waals surface area (Å²) in [4.78, 5) is 8.76. The first-order valence-electron chi connectivity index (χ1n) is 6.91. The standard InChI is InChI=1S/C14H23N3O/c1-4-18-13-8-11(3)16-14(17-13)15-9-12-7-5-6-10(12)2/h8,10,12H,4-7,9H2,1-3H3,(H,15,16,17). The van der Waals surface area contributed by atoms with Gasteiger partial charge in [0.1, 0.15) is 0 Å². The summed E-state index contributed by atoms with van der Waals surface area (Å²) in [5.41, 5.74) is 0.940. The number of hydrogen-bond acceptors (Lipinski definition) is 4. The Morgan fingerprint density at radius 2 is 2.22 bits per heavy atom. The van der Waals surface area contributed by atoms with Gasteiger partial charge in [-0.2, -0.15) is 4.98 Å². The summed E-state index contributed by atoms with van der Waals surface area (Å²) in [7, 11) is 0. The van der Waals surface area contributed by atoms with Gasteiger partial charge >= 0.3 is 0 Å². The molecule has 0 aliphatic heterocycles. The third kappa shape index (κ3) is 3.34. The summed E-state index contributed by atoms with van der Waals surface area (Å²) in [6.45, 7) is 7.87. The molecular weight excluding hydrogens is 226 g/mol. The van der Waals surface area contributed by atoms with Crippen LogP contribution in [0, 0.1) is 18.8 Å². The molecule has 0 spiro atoms. The van der Waals surface area contributed by atoms with Gasteiger partial charge < -0.3 is 10.1 Å². The molecule has 2 rings (SSSR count). The van der Waals surface area contributed by atoms with E-state index in [1.165, 1.54) is 19.3 Å². The fourth-order valence-corrected chi connectivity index (χ4v) is 2.59. The lowest BCUT2D eigenvalue weighted by Gasteiger charge is -2.16. The van der Waals surface area contributed by atoms with Crippen molar-refractivity contribution in [2.45, 2.75) is 40.0 Å². The van der Waals surface area contributed by atoms with Gasteiger partial charge in [-0.25, -0.2) is 4.98 Å². The highest BCUT2D eigenvalue weighted by Crippen LogP contribution is 2.31. The molecule has 1 aliphatic carbocycles. The third-order valence-electron chi connectivity index (χ3n) is 3.68. The van der Waals surface area contributed by atoms with Gasteiger partial charge in [0.15, 0.2) is 0 Å². The van der Waals surface area contributed by atoms with Crippen LogP contribution in [0.25, 0.3) is 0 Å². The van der Waals surface area contributed by atoms with Crippen LogP contribution in [0.5, 0.6) is 5.88 Å². The molecule has 1 aromatic rings. The monoisotopic (exact) mass is 249 g/mol. The van der Waals surface area contributed by atoms with E-state index in [4.69, 9.17) is 4.74 Å². The SMILES string of the molecule is CCOc1cc(C)nc(NCC2CCCC2C)n1. The van der Waals surface area contributed by atoms with Crippen LogP contribution in [0.15, 0.2) is 6.07 Å². The number of rotatable bonds is 5. The van der Waals surface area contributed by atoms with Crippen LogP contribution in [0.3, 0.4) is 0 Å². The normalized spacial score (nSPS) is 23.1. The lowest BCUT2D eigenvalue weighted by Crippen LogP contribution is -2.18. The predicted molar refractivity (Wildman–Crippen MR) is 72.9 cm³/mol. The second kappa shape index (κ2) is 6.03. The van der Waals surface area contributed by atoms with Crippen LogP contribution >= 0.6 is 0 Å². The molecule has 1 aliphatic rings. The molecule has 4 nitrogen and oxygen atoms in total. The number of anilines is 1. The number of nitrogens with one attached hydrogen (secondary N) is 1. The van der Waals surface area contributed by atoms with Gasteiger partial charge in [0.05, 0.1) is 6.61 Å². The molecule has 0 radical (unpaired) electrons. The zero-order valence-electron chi connectivity index (χ0n) is 11.6. The van der Waals surface area contributed by atoms with Gasteiger partial charge in [-0.15, -0.1) is 0 Å². The number of hydrogen-bond donors (Lipinski definition) is 1. The molecule has 4 heteroatoms. The summed E-state index contributed by atoms with van der Waals surface area (Å²) in [6.07, 6.45) is 4.02. The summed E-state index contributed by atoms with van der Waals surface area (Å²) in [6, 6.07) is 1.87. The minimum atomic E-state index is 0.634. The molecule has 1 aromatic heterocycles. The summed E-state index contributed by atoms with van der Waals surface area (Å²) >= 11 is 0. The molecule has 2 atom stereocenters. The van der Waals surface area contributed by atoms with Crippen molar-refractivity contribution in [3.05, 3.63) is 11.8 Å². The maximum absolute atomic E-state index is 5.43. The van der Waals surface area contributed by atoms with Crippen molar-refractivity contribution in [3.63, 3.8) is 0 Å². The number of aromatic nitrogens is 2. The Labute approximate surface area is 109 Å². The molecule has 1 N–H and O–H groups in total. The van der Waals surface area contributed by atoms with E-state index in [0.29, 0.717) is 18.4 Å². The van der Waals surface area contributed by atoms with Crippen molar-refractivity contribution in [1.82, 2.24) is 9.97 Å². The topological polar surface area (TPSA) is 47.0 Å². The van der Waals surface area contributed by atoms with E-state index in [-0.39, 0.29) is 0 Å². The van der Waals surface area contributed by atoms with Crippen molar-refractivity contribution in [1.29, 1.82) is 0 Å². The quantitative estimate of drug-likeness (QED) is 0.871. The maximum Gasteiger partial charge on any atom is 0.226 e. The van der Waals surface area contributed by atoms with E-state index in [0.717, 1.165) is 24.1 Å². The lowest BCUT2D eigenvalue weighted by molar-refractivity contribution is 0.326. The second-order valence-electron chi connectivity index (χ2n) is 5.15. The first kappa shape index (κ1) is 13.1. The highest BCUT2D eigenvalue weighted by Gasteiger charge is 2.23. The van der Waals surface area contributed by atoms with Gasteiger partial charge in [0.2, 0.25) is 11.8 Å². The van der Waals surface area contributed by atoms with E-state index in [9.17, 15) is 0 Å². The molecule has 0 amide bonds. The first-order chi connectivity index (χ1) is 8.69. The van der Waals surface area contributed by atoms with Gasteiger partial charge in [-0.1, -0.05) is 19.8 Å². The largest absolute Gasteiger partial charge is 0.478 e. The molecule has 18 heavy (non-hydrogen) atoms. The second-order valence-corrected chi connectivity index (χ2v) is 5.15. The van der Waals surface area contributed by atoms with E-state index in [2.05, 4.69) is 22.2 Å². The van der Waals surface area contributed by atoms with Crippen molar-refractivity contribution in [3.8, 4) is 5.88 Å². The molecule has 0 saturated heterocycles. The molecule has 2 unspecified atom stereocenters. The van der Waals surface area contributed by atoms with Crippen LogP contribution in [0.4, 0.5) is 5.95 Å². The van der Waals surface area contributed by atoms with Crippen LogP contribution in [0.2, 0.25) is 0 Å². The van der Waals surface area contributed by atoms with E-state index >= 15 is 0 Å². The molecule has 1 heterocycles. The van der Waals surface area contributed by atoms with Gasteiger partial charge in [0.25, 0.3) is 0 Å². The lowest BCUT2D eigenvalue weighted by atomic mass is 9.98. The Kier molecular flexibility index (Phi) is 4.39. The van der Waals surface area contributed by atoms with Crippen LogP contribution in [-0.4, -0.2) is 23.1 Å². The number of nitrogens with zero attached hydrogens (tertiary/aromatic N) is 2. The molecule has 0 aromatic carbocycles. The average molecular weight is 249 g/mol. The van der Waals surface area contributed by atoms with E-state index in [1.54, 1.807) is 0 Å². The third-order valence-corrected chi connectivity index (χ3v) is 3.68. The predicted octanol–water partition coefficient (Wildman–Crippen LogP) is 3.03. The van der Waals surface area contributed by atoms with Gasteiger partial charge in [0, 0.05) is 18.3 Å². The van der Waals surface area contributed by atoms with Gasteiger partial charge in [-0.3, -0.25) is 0 Å². The van der Waals surface area contributed by atoms with E-state index in [1.807, 2.05) is 19.9 Å². The maximum atomic E-state index is 5.43. The molecule has 0 bridgehead atoms. The summed E-state index contributed by atoms with van der Waals surface area (Å²) in [5, 5.41) is 3.35. The fraction of sp³-hybridized carbons (Fsp3) is 0.714. The summed E-state index contributed by atoms with van der Waals surface area (Å²) in [5.74, 6) is 2.92. The van der Waals surface area contributed by atoms with Crippen molar-refractivity contribution >= 4 is 5.95 Å². The number of ether oxygens (including phenoxy) is 1. The fourth-order valence-electron chi connectivity index (χ4n) is 2.59. The Hall–Kier alpha value is -1.32. The van der Waals surface area contributed by atoms with Crippen LogP contribution < -0.4 is 10.1 Å². The van der Waals surface area contributed by atoms with Crippen molar-refractivity contribution in [2.24, 2.45) is 11.8 Å². The minimum absolute atomic E-state index is 0.634. The zero-order chi connectivity index (χ0) is 13.0. The van der Waals surface area contributed by atoms with Crippen LogP contribution in [0.1, 0.15) is 38.8 Å². The summed E-state index contributed by atoms with van der Waals surface area (Å²) < 4.78 is 5.43. The molecule has 100 valence electrons.